The molecule has 2 N–H and O–H groups in total. The quantitative estimate of drug-likeness (QED) is 0.486. The van der Waals surface area contributed by atoms with Gasteiger partial charge >= 0.3 is 0 Å². The number of phenolic OH excluding ortho intramolecular Hbond substituents is 1. The number of anilines is 1. The molecule has 6 nitrogen and oxygen atoms in total. The van der Waals surface area contributed by atoms with E-state index in [0.29, 0.717) is 36.4 Å². The lowest BCUT2D eigenvalue weighted by atomic mass is 9.96. The topological polar surface area (TPSA) is 72.7 Å². The van der Waals surface area contributed by atoms with Crippen molar-refractivity contribution in [1.29, 1.82) is 0 Å². The van der Waals surface area contributed by atoms with Crippen LogP contribution in [0.2, 0.25) is 5.02 Å². The third-order valence-electron chi connectivity index (χ3n) is 6.00. The lowest BCUT2D eigenvalue weighted by Crippen LogP contribution is -2.47. The number of piperazine rings is 1. The van der Waals surface area contributed by atoms with Crippen LogP contribution in [0.25, 0.3) is 32.8 Å². The molecule has 8 heteroatoms. The molecule has 1 aromatic heterocycles. The Kier molecular flexibility index (Phi) is 5.55. The largest absolute Gasteiger partial charge is 0.508 e. The van der Waals surface area contributed by atoms with Crippen molar-refractivity contribution in [2.24, 2.45) is 0 Å². The van der Waals surface area contributed by atoms with Gasteiger partial charge in [-0.3, -0.25) is 4.90 Å². The highest BCUT2D eigenvalue weighted by atomic mass is 35.5. The molecule has 0 spiro atoms. The van der Waals surface area contributed by atoms with E-state index in [1.54, 1.807) is 12.1 Å². The van der Waals surface area contributed by atoms with E-state index >= 15 is 4.39 Å². The zero-order valence-corrected chi connectivity index (χ0v) is 18.1. The lowest BCUT2D eigenvalue weighted by molar-refractivity contribution is 0.188. The molecule has 3 aromatic carbocycles. The lowest BCUT2D eigenvalue weighted by Gasteiger charge is -2.35. The molecular weight excluding hydrogens is 431 g/mol. The van der Waals surface area contributed by atoms with Gasteiger partial charge in [0, 0.05) is 43.7 Å². The number of hydrogen-bond acceptors (Lipinski definition) is 6. The van der Waals surface area contributed by atoms with Crippen LogP contribution < -0.4 is 4.90 Å². The molecule has 5 rings (SSSR count). The van der Waals surface area contributed by atoms with E-state index in [4.69, 9.17) is 16.7 Å². The number of β-amino-alcohol motifs (C(OH)–C–C–N with tert-alkyl or cyclic N) is 1. The van der Waals surface area contributed by atoms with E-state index in [-0.39, 0.29) is 28.5 Å². The van der Waals surface area contributed by atoms with Crippen LogP contribution in [-0.2, 0) is 0 Å². The monoisotopic (exact) mass is 452 g/mol. The van der Waals surface area contributed by atoms with E-state index in [9.17, 15) is 5.11 Å². The first kappa shape index (κ1) is 20.9. The number of aromatic hydroxyl groups is 1. The van der Waals surface area contributed by atoms with Gasteiger partial charge in [-0.05, 0) is 34.5 Å². The Hall–Kier alpha value is -3.00. The number of benzene rings is 3. The van der Waals surface area contributed by atoms with Crippen molar-refractivity contribution in [2.45, 2.75) is 0 Å². The number of phenols is 1. The number of halogens is 2. The second-order valence-electron chi connectivity index (χ2n) is 7.91. The van der Waals surface area contributed by atoms with Crippen LogP contribution in [0.3, 0.4) is 0 Å². The second kappa shape index (κ2) is 8.50. The first-order valence-corrected chi connectivity index (χ1v) is 10.9. The molecule has 0 atom stereocenters. The fraction of sp³-hybridized carbons (Fsp3) is 0.250. The normalized spacial score (nSPS) is 15.0. The smallest absolute Gasteiger partial charge is 0.158 e. The van der Waals surface area contributed by atoms with Gasteiger partial charge in [0.05, 0.1) is 11.6 Å². The van der Waals surface area contributed by atoms with Crippen molar-refractivity contribution >= 4 is 39.1 Å². The van der Waals surface area contributed by atoms with Crippen LogP contribution in [-0.4, -0.2) is 64.4 Å². The molecule has 0 unspecified atom stereocenters. The fourth-order valence-corrected chi connectivity index (χ4v) is 4.74. The van der Waals surface area contributed by atoms with Gasteiger partial charge in [0.25, 0.3) is 0 Å². The summed E-state index contributed by atoms with van der Waals surface area (Å²) >= 11 is 6.64. The van der Waals surface area contributed by atoms with Crippen LogP contribution in [0.1, 0.15) is 0 Å². The molecule has 1 aliphatic heterocycles. The van der Waals surface area contributed by atoms with Crippen molar-refractivity contribution in [1.82, 2.24) is 14.9 Å². The van der Waals surface area contributed by atoms with Crippen LogP contribution in [0.5, 0.6) is 5.75 Å². The minimum Gasteiger partial charge on any atom is -0.508 e. The summed E-state index contributed by atoms with van der Waals surface area (Å²) in [6.07, 6.45) is 1.37. The highest BCUT2D eigenvalue weighted by molar-refractivity contribution is 6.35. The van der Waals surface area contributed by atoms with Gasteiger partial charge in [0.15, 0.2) is 5.82 Å². The van der Waals surface area contributed by atoms with E-state index in [1.165, 1.54) is 12.4 Å². The molecule has 0 aliphatic carbocycles. The number of aromatic nitrogens is 2. The third kappa shape index (κ3) is 3.62. The number of rotatable bonds is 4. The predicted molar refractivity (Wildman–Crippen MR) is 125 cm³/mol. The summed E-state index contributed by atoms with van der Waals surface area (Å²) in [6.45, 7) is 3.77. The Morgan fingerprint density at radius 3 is 2.56 bits per heavy atom. The number of hydrogen-bond donors (Lipinski definition) is 2. The summed E-state index contributed by atoms with van der Waals surface area (Å²) in [5.41, 5.74) is 0.922. The molecule has 0 saturated carbocycles. The molecule has 164 valence electrons. The van der Waals surface area contributed by atoms with E-state index < -0.39 is 5.82 Å². The minimum atomic E-state index is -0.536. The molecule has 0 radical (unpaired) electrons. The Labute approximate surface area is 189 Å². The molecule has 0 amide bonds. The average molecular weight is 453 g/mol. The van der Waals surface area contributed by atoms with E-state index in [2.05, 4.69) is 19.8 Å². The van der Waals surface area contributed by atoms with Crippen LogP contribution in [0.15, 0.2) is 48.8 Å². The standard InChI is InChI=1S/C24H22ClFN4O2/c25-20-13-19-23(27-14-28-24(19)30-7-5-29(6-8-30)9-10-31)22(26)21(20)18-12-16(32)11-15-3-1-2-4-17(15)18/h1-4,11-14,31-32H,5-10H2. The maximum absolute atomic E-state index is 15.9. The van der Waals surface area contributed by atoms with Gasteiger partial charge in [-0.2, -0.15) is 0 Å². The number of aliphatic hydroxyl groups is 1. The van der Waals surface area contributed by atoms with Gasteiger partial charge in [0.2, 0.25) is 0 Å². The van der Waals surface area contributed by atoms with Crippen molar-refractivity contribution in [3.63, 3.8) is 0 Å². The molecular formula is C24H22ClFN4O2. The van der Waals surface area contributed by atoms with Crippen molar-refractivity contribution in [2.75, 3.05) is 44.2 Å². The summed E-state index contributed by atoms with van der Waals surface area (Å²) in [6, 6.07) is 12.4. The number of aliphatic hydroxyl groups excluding tert-OH is 1. The summed E-state index contributed by atoms with van der Waals surface area (Å²) in [5.74, 6) is 0.149. The Morgan fingerprint density at radius 2 is 1.78 bits per heavy atom. The molecule has 1 aliphatic rings. The number of fused-ring (bicyclic) bond motifs is 2. The average Bonchev–Trinajstić information content (AvgIpc) is 2.79. The van der Waals surface area contributed by atoms with Crippen molar-refractivity contribution in [3.8, 4) is 16.9 Å². The summed E-state index contributed by atoms with van der Waals surface area (Å²) < 4.78 is 15.9. The maximum Gasteiger partial charge on any atom is 0.158 e. The summed E-state index contributed by atoms with van der Waals surface area (Å²) in [5, 5.41) is 21.8. The maximum atomic E-state index is 15.9. The molecule has 32 heavy (non-hydrogen) atoms. The molecule has 2 heterocycles. The second-order valence-corrected chi connectivity index (χ2v) is 8.31. The first-order chi connectivity index (χ1) is 15.6. The fourth-order valence-electron chi connectivity index (χ4n) is 4.44. The van der Waals surface area contributed by atoms with Crippen LogP contribution >= 0.6 is 11.6 Å². The number of nitrogens with zero attached hydrogens (tertiary/aromatic N) is 4. The third-order valence-corrected chi connectivity index (χ3v) is 6.30. The Morgan fingerprint density at radius 1 is 1.00 bits per heavy atom. The van der Waals surface area contributed by atoms with Gasteiger partial charge in [-0.1, -0.05) is 35.9 Å². The van der Waals surface area contributed by atoms with Gasteiger partial charge in [0.1, 0.15) is 23.4 Å². The van der Waals surface area contributed by atoms with Crippen molar-refractivity contribution < 1.29 is 14.6 Å². The van der Waals surface area contributed by atoms with Gasteiger partial charge in [-0.15, -0.1) is 0 Å². The van der Waals surface area contributed by atoms with E-state index in [1.807, 2.05) is 24.3 Å². The molecule has 0 bridgehead atoms. The first-order valence-electron chi connectivity index (χ1n) is 10.5. The van der Waals surface area contributed by atoms with Gasteiger partial charge < -0.3 is 15.1 Å². The SMILES string of the molecule is OCCN1CCN(c2ncnc3c(F)c(-c4cc(O)cc5ccccc45)c(Cl)cc23)CC1. The Bertz CT molecular complexity index is 1310. The van der Waals surface area contributed by atoms with Crippen molar-refractivity contribution in [3.05, 3.63) is 59.6 Å². The Balaban J connectivity index is 1.63. The highest BCUT2D eigenvalue weighted by Crippen LogP contribution is 2.41. The minimum absolute atomic E-state index is 0.0402. The summed E-state index contributed by atoms with van der Waals surface area (Å²) in [4.78, 5) is 12.9. The van der Waals surface area contributed by atoms with Crippen LogP contribution in [0.4, 0.5) is 10.2 Å². The molecule has 1 saturated heterocycles. The molecule has 4 aromatic rings. The molecule has 1 fully saturated rings. The summed E-state index contributed by atoms with van der Waals surface area (Å²) in [7, 11) is 0. The zero-order chi connectivity index (χ0) is 22.2. The van der Waals surface area contributed by atoms with E-state index in [0.717, 1.165) is 23.9 Å². The van der Waals surface area contributed by atoms with Crippen LogP contribution in [0, 0.1) is 5.82 Å². The highest BCUT2D eigenvalue weighted by Gasteiger charge is 2.24. The zero-order valence-electron chi connectivity index (χ0n) is 17.3. The van der Waals surface area contributed by atoms with Gasteiger partial charge in [-0.25, -0.2) is 14.4 Å². The predicted octanol–water partition coefficient (Wildman–Crippen LogP) is 4.06.